The predicted octanol–water partition coefficient (Wildman–Crippen LogP) is 3.64. The Hall–Kier alpha value is -1.32. The maximum atomic E-state index is 12.2. The van der Waals surface area contributed by atoms with Crippen LogP contribution in [-0.4, -0.2) is 24.1 Å². The average Bonchev–Trinajstić information content (AvgIpc) is 2.44. The maximum Gasteiger partial charge on any atom is 0.330 e. The molecule has 0 aromatic heterocycles. The summed E-state index contributed by atoms with van der Waals surface area (Å²) in [6, 6.07) is 0. The minimum atomic E-state index is -0.502. The van der Waals surface area contributed by atoms with Crippen molar-refractivity contribution >= 4 is 11.9 Å². The van der Waals surface area contributed by atoms with Crippen LogP contribution in [0.3, 0.4) is 0 Å². The molecule has 23 heavy (non-hydrogen) atoms. The molecule has 0 heterocycles. The summed E-state index contributed by atoms with van der Waals surface area (Å²) in [5.41, 5.74) is -0.294. The molecular formula is C19H28O4. The van der Waals surface area contributed by atoms with Gasteiger partial charge in [-0.15, -0.1) is 0 Å². The van der Waals surface area contributed by atoms with Gasteiger partial charge in [-0.2, -0.15) is 0 Å². The Morgan fingerprint density at radius 2 is 1.65 bits per heavy atom. The Labute approximate surface area is 138 Å². The lowest BCUT2D eigenvalue weighted by Crippen LogP contribution is -2.57. The Morgan fingerprint density at radius 3 is 2.13 bits per heavy atom. The lowest BCUT2D eigenvalue weighted by Gasteiger charge is -2.61. The van der Waals surface area contributed by atoms with Crippen LogP contribution >= 0.6 is 0 Å². The second-order valence-corrected chi connectivity index (χ2v) is 8.30. The molecule has 4 aliphatic carbocycles. The fraction of sp³-hybridized carbons (Fsp3) is 0.789. The highest BCUT2D eigenvalue weighted by Crippen LogP contribution is 2.64. The molecule has 0 aliphatic heterocycles. The molecule has 4 nitrogen and oxygen atoms in total. The summed E-state index contributed by atoms with van der Waals surface area (Å²) >= 11 is 0. The first-order valence-corrected chi connectivity index (χ1v) is 8.84. The predicted molar refractivity (Wildman–Crippen MR) is 86.5 cm³/mol. The molecule has 4 heteroatoms. The van der Waals surface area contributed by atoms with E-state index in [1.807, 2.05) is 0 Å². The van der Waals surface area contributed by atoms with Crippen LogP contribution < -0.4 is 0 Å². The van der Waals surface area contributed by atoms with Crippen molar-refractivity contribution < 1.29 is 19.1 Å². The zero-order chi connectivity index (χ0) is 16.7. The average molecular weight is 320 g/mol. The van der Waals surface area contributed by atoms with E-state index in [1.54, 1.807) is 0 Å². The van der Waals surface area contributed by atoms with Crippen molar-refractivity contribution in [2.24, 2.45) is 23.2 Å². The molecule has 4 bridgehead atoms. The number of hydrogen-bond donors (Lipinski definition) is 0. The first kappa shape index (κ1) is 16.5. The van der Waals surface area contributed by atoms with Gasteiger partial charge in [0.25, 0.3) is 0 Å². The fourth-order valence-corrected chi connectivity index (χ4v) is 5.59. The van der Waals surface area contributed by atoms with Gasteiger partial charge < -0.3 is 9.47 Å². The number of carbonyl (C=O) groups is 2. The minimum absolute atomic E-state index is 0.0562. The van der Waals surface area contributed by atoms with Gasteiger partial charge in [0.05, 0.1) is 6.42 Å². The van der Waals surface area contributed by atoms with Crippen LogP contribution in [0.1, 0.15) is 58.8 Å². The van der Waals surface area contributed by atoms with Gasteiger partial charge in [-0.05, 0) is 70.1 Å². The van der Waals surface area contributed by atoms with Crippen molar-refractivity contribution in [3.8, 4) is 0 Å². The molecule has 4 rings (SSSR count). The van der Waals surface area contributed by atoms with Gasteiger partial charge in [-0.1, -0.05) is 6.58 Å². The molecule has 0 atom stereocenters. The summed E-state index contributed by atoms with van der Waals surface area (Å²) in [4.78, 5) is 23.2. The van der Waals surface area contributed by atoms with E-state index in [0.29, 0.717) is 0 Å². The Balaban J connectivity index is 1.59. The Morgan fingerprint density at radius 1 is 1.13 bits per heavy atom. The molecule has 4 fully saturated rings. The Bertz CT molecular complexity index is 470. The van der Waals surface area contributed by atoms with Crippen molar-refractivity contribution in [1.29, 1.82) is 0 Å². The van der Waals surface area contributed by atoms with Gasteiger partial charge in [-0.25, -0.2) is 4.79 Å². The van der Waals surface area contributed by atoms with Crippen LogP contribution in [0.25, 0.3) is 0 Å². The summed E-state index contributed by atoms with van der Waals surface area (Å²) in [5.74, 6) is 1.70. The van der Waals surface area contributed by atoms with Gasteiger partial charge in [-0.3, -0.25) is 4.79 Å². The zero-order valence-electron chi connectivity index (χ0n) is 14.3. The smallest absolute Gasteiger partial charge is 0.330 e. The standard InChI is InChI=1S/C19H28O4/c1-4-16(20)22-6-5-17(21)23-18(2,3)19-10-13-7-14(11-19)9-15(8-13)12-19/h4,13-15H,1,5-12H2,2-3H3. The molecule has 0 spiro atoms. The van der Waals surface area contributed by atoms with Gasteiger partial charge in [0.2, 0.25) is 0 Å². The summed E-state index contributed by atoms with van der Waals surface area (Å²) in [5, 5.41) is 0. The third-order valence-electron chi connectivity index (χ3n) is 6.40. The summed E-state index contributed by atoms with van der Waals surface area (Å²) in [6.07, 6.45) is 8.93. The number of esters is 2. The van der Waals surface area contributed by atoms with Gasteiger partial charge in [0.15, 0.2) is 0 Å². The van der Waals surface area contributed by atoms with Crippen LogP contribution in [0.2, 0.25) is 0 Å². The van der Waals surface area contributed by atoms with Crippen molar-refractivity contribution in [3.05, 3.63) is 12.7 Å². The lowest BCUT2D eigenvalue weighted by molar-refractivity contribution is -0.199. The second kappa shape index (κ2) is 5.95. The molecular weight excluding hydrogens is 292 g/mol. The van der Waals surface area contributed by atoms with Crippen LogP contribution in [0.15, 0.2) is 12.7 Å². The van der Waals surface area contributed by atoms with Crippen molar-refractivity contribution in [2.45, 2.75) is 64.4 Å². The van der Waals surface area contributed by atoms with E-state index in [9.17, 15) is 9.59 Å². The van der Waals surface area contributed by atoms with E-state index in [-0.39, 0.29) is 24.4 Å². The Kier molecular flexibility index (Phi) is 4.28. The van der Waals surface area contributed by atoms with Gasteiger partial charge >= 0.3 is 11.9 Å². The normalized spacial score (nSPS) is 35.0. The highest BCUT2D eigenvalue weighted by Gasteiger charge is 2.58. The number of carbonyl (C=O) groups excluding carboxylic acids is 2. The van der Waals surface area contributed by atoms with E-state index in [1.165, 1.54) is 38.5 Å². The maximum absolute atomic E-state index is 12.2. The molecule has 4 aliphatic rings. The van der Waals surface area contributed by atoms with Gasteiger partial charge in [0.1, 0.15) is 12.2 Å². The zero-order valence-corrected chi connectivity index (χ0v) is 14.3. The summed E-state index contributed by atoms with van der Waals surface area (Å²) < 4.78 is 10.7. The lowest BCUT2D eigenvalue weighted by atomic mass is 9.46. The molecule has 0 amide bonds. The molecule has 0 N–H and O–H groups in total. The van der Waals surface area contributed by atoms with Crippen molar-refractivity contribution in [2.75, 3.05) is 6.61 Å². The number of ether oxygens (including phenoxy) is 2. The van der Waals surface area contributed by atoms with E-state index >= 15 is 0 Å². The molecule has 4 saturated carbocycles. The molecule has 0 unspecified atom stereocenters. The van der Waals surface area contributed by atoms with E-state index in [4.69, 9.17) is 9.47 Å². The van der Waals surface area contributed by atoms with Crippen LogP contribution in [0.5, 0.6) is 0 Å². The molecule has 128 valence electrons. The van der Waals surface area contributed by atoms with E-state index < -0.39 is 11.6 Å². The van der Waals surface area contributed by atoms with E-state index in [0.717, 1.165) is 23.8 Å². The third kappa shape index (κ3) is 3.17. The van der Waals surface area contributed by atoms with Gasteiger partial charge in [0, 0.05) is 11.5 Å². The molecule has 0 aromatic carbocycles. The second-order valence-electron chi connectivity index (χ2n) is 8.30. The summed E-state index contributed by atoms with van der Waals surface area (Å²) in [7, 11) is 0. The SMILES string of the molecule is C=CC(=O)OCCC(=O)OC(C)(C)C12CC3CC(CC(C3)C1)C2. The minimum Gasteiger partial charge on any atom is -0.462 e. The highest BCUT2D eigenvalue weighted by molar-refractivity contribution is 5.81. The molecule has 0 radical (unpaired) electrons. The topological polar surface area (TPSA) is 52.6 Å². The van der Waals surface area contributed by atoms with Crippen LogP contribution in [0, 0.1) is 23.2 Å². The monoisotopic (exact) mass is 320 g/mol. The molecule has 0 aromatic rings. The number of rotatable bonds is 6. The largest absolute Gasteiger partial charge is 0.462 e. The van der Waals surface area contributed by atoms with Crippen molar-refractivity contribution in [1.82, 2.24) is 0 Å². The first-order chi connectivity index (χ1) is 10.8. The third-order valence-corrected chi connectivity index (χ3v) is 6.40. The first-order valence-electron chi connectivity index (χ1n) is 8.84. The molecule has 0 saturated heterocycles. The quantitative estimate of drug-likeness (QED) is 0.554. The number of hydrogen-bond acceptors (Lipinski definition) is 4. The van der Waals surface area contributed by atoms with Crippen LogP contribution in [-0.2, 0) is 19.1 Å². The van der Waals surface area contributed by atoms with Crippen molar-refractivity contribution in [3.63, 3.8) is 0 Å². The fourth-order valence-electron chi connectivity index (χ4n) is 5.59. The highest BCUT2D eigenvalue weighted by atomic mass is 16.6. The van der Waals surface area contributed by atoms with E-state index in [2.05, 4.69) is 20.4 Å². The summed E-state index contributed by atoms with van der Waals surface area (Å²) in [6.45, 7) is 7.54. The van der Waals surface area contributed by atoms with Crippen LogP contribution in [0.4, 0.5) is 0 Å².